The highest BCUT2D eigenvalue weighted by atomic mass is 35.5. The zero-order chi connectivity index (χ0) is 14.7. The Bertz CT molecular complexity index is 485. The molecule has 1 aliphatic heterocycles. The van der Waals surface area contributed by atoms with Gasteiger partial charge in [-0.25, -0.2) is 0 Å². The predicted octanol–water partition coefficient (Wildman–Crippen LogP) is 3.09. The number of hydrogen-bond donors (Lipinski definition) is 0. The van der Waals surface area contributed by atoms with Gasteiger partial charge < -0.3 is 9.80 Å². The van der Waals surface area contributed by atoms with Crippen molar-refractivity contribution >= 4 is 29.1 Å². The van der Waals surface area contributed by atoms with Crippen molar-refractivity contribution in [1.82, 2.24) is 9.80 Å². The van der Waals surface area contributed by atoms with Gasteiger partial charge in [-0.15, -0.1) is 0 Å². The summed E-state index contributed by atoms with van der Waals surface area (Å²) in [4.78, 5) is 16.5. The summed E-state index contributed by atoms with van der Waals surface area (Å²) < 4.78 is 0. The summed E-state index contributed by atoms with van der Waals surface area (Å²) in [5, 5.41) is 1.21. The van der Waals surface area contributed by atoms with E-state index in [1.54, 1.807) is 18.2 Å². The summed E-state index contributed by atoms with van der Waals surface area (Å²) in [6.07, 6.45) is 2.37. The Hall–Kier alpha value is -0.770. The van der Waals surface area contributed by atoms with E-state index in [0.717, 1.165) is 31.5 Å². The maximum atomic E-state index is 12.4. The van der Waals surface area contributed by atoms with Crippen molar-refractivity contribution < 1.29 is 4.79 Å². The number of piperidine rings is 1. The van der Waals surface area contributed by atoms with Crippen LogP contribution in [-0.4, -0.2) is 48.9 Å². The molecule has 1 fully saturated rings. The Morgan fingerprint density at radius 3 is 2.65 bits per heavy atom. The van der Waals surface area contributed by atoms with E-state index < -0.39 is 0 Å². The van der Waals surface area contributed by atoms with Crippen LogP contribution in [0.1, 0.15) is 18.4 Å². The van der Waals surface area contributed by atoms with Gasteiger partial charge in [0.1, 0.15) is 0 Å². The number of amides is 1. The molecule has 5 heteroatoms. The first-order chi connectivity index (χ1) is 9.47. The molecule has 20 heavy (non-hydrogen) atoms. The number of hydrogen-bond acceptors (Lipinski definition) is 2. The van der Waals surface area contributed by atoms with Crippen LogP contribution in [0.2, 0.25) is 10.0 Å². The quantitative estimate of drug-likeness (QED) is 0.856. The number of halogens is 2. The minimum absolute atomic E-state index is 0.101. The highest BCUT2D eigenvalue weighted by Crippen LogP contribution is 2.22. The van der Waals surface area contributed by atoms with Crippen LogP contribution >= 0.6 is 23.2 Å². The SMILES string of the molecule is CN1CCC(N(C)C(=O)Cc2cc(Cl)ccc2Cl)CC1. The second-order valence-corrected chi connectivity index (χ2v) is 6.30. The number of carbonyl (C=O) groups is 1. The van der Waals surface area contributed by atoms with Gasteiger partial charge in [-0.2, -0.15) is 0 Å². The molecule has 0 unspecified atom stereocenters. The van der Waals surface area contributed by atoms with Gasteiger partial charge in [0.05, 0.1) is 6.42 Å². The number of likely N-dealkylation sites (tertiary alicyclic amines) is 1. The number of likely N-dealkylation sites (N-methyl/N-ethyl adjacent to an activating group) is 1. The van der Waals surface area contributed by atoms with Crippen LogP contribution in [-0.2, 0) is 11.2 Å². The topological polar surface area (TPSA) is 23.6 Å². The molecule has 110 valence electrons. The van der Waals surface area contributed by atoms with Gasteiger partial charge in [0, 0.05) is 23.1 Å². The first kappa shape index (κ1) is 15.6. The van der Waals surface area contributed by atoms with Crippen LogP contribution in [0, 0.1) is 0 Å². The maximum Gasteiger partial charge on any atom is 0.227 e. The van der Waals surface area contributed by atoms with Crippen molar-refractivity contribution in [3.05, 3.63) is 33.8 Å². The van der Waals surface area contributed by atoms with Crippen molar-refractivity contribution in [1.29, 1.82) is 0 Å². The second-order valence-electron chi connectivity index (χ2n) is 5.45. The third-order valence-corrected chi connectivity index (χ3v) is 4.58. The lowest BCUT2D eigenvalue weighted by atomic mass is 10.0. The fourth-order valence-electron chi connectivity index (χ4n) is 2.55. The summed E-state index contributed by atoms with van der Waals surface area (Å²) in [6.45, 7) is 2.08. The van der Waals surface area contributed by atoms with Gasteiger partial charge in [-0.1, -0.05) is 23.2 Å². The van der Waals surface area contributed by atoms with E-state index in [2.05, 4.69) is 11.9 Å². The zero-order valence-corrected chi connectivity index (χ0v) is 13.4. The van der Waals surface area contributed by atoms with Crippen molar-refractivity contribution in [2.45, 2.75) is 25.3 Å². The molecule has 0 aliphatic carbocycles. The number of benzene rings is 1. The summed E-state index contributed by atoms with van der Waals surface area (Å²) in [5.74, 6) is 0.101. The van der Waals surface area contributed by atoms with Crippen molar-refractivity contribution in [2.75, 3.05) is 27.2 Å². The zero-order valence-electron chi connectivity index (χ0n) is 11.9. The van der Waals surface area contributed by atoms with Crippen LogP contribution < -0.4 is 0 Å². The molecular weight excluding hydrogens is 295 g/mol. The lowest BCUT2D eigenvalue weighted by molar-refractivity contribution is -0.132. The molecule has 3 nitrogen and oxygen atoms in total. The summed E-state index contributed by atoms with van der Waals surface area (Å²) >= 11 is 12.1. The lowest BCUT2D eigenvalue weighted by Crippen LogP contribution is -2.45. The molecule has 1 amide bonds. The van der Waals surface area contributed by atoms with Crippen molar-refractivity contribution in [2.24, 2.45) is 0 Å². The van der Waals surface area contributed by atoms with Crippen molar-refractivity contribution in [3.8, 4) is 0 Å². The molecule has 0 N–H and O–H groups in total. The minimum Gasteiger partial charge on any atom is -0.342 e. The molecule has 0 bridgehead atoms. The van der Waals surface area contributed by atoms with E-state index >= 15 is 0 Å². The highest BCUT2D eigenvalue weighted by Gasteiger charge is 2.24. The van der Waals surface area contributed by atoms with E-state index in [-0.39, 0.29) is 5.91 Å². The van der Waals surface area contributed by atoms with Crippen LogP contribution in [0.25, 0.3) is 0 Å². The maximum absolute atomic E-state index is 12.4. The summed E-state index contributed by atoms with van der Waals surface area (Å²) in [7, 11) is 4.00. The van der Waals surface area contributed by atoms with E-state index in [9.17, 15) is 4.79 Å². The molecule has 1 aromatic carbocycles. The third kappa shape index (κ3) is 3.87. The van der Waals surface area contributed by atoms with Crippen LogP contribution in [0.5, 0.6) is 0 Å². The predicted molar refractivity (Wildman–Crippen MR) is 83.5 cm³/mol. The Morgan fingerprint density at radius 2 is 2.00 bits per heavy atom. The van der Waals surface area contributed by atoms with E-state index in [1.165, 1.54) is 0 Å². The molecule has 2 rings (SSSR count). The van der Waals surface area contributed by atoms with Gasteiger partial charge in [-0.05, 0) is 56.7 Å². The van der Waals surface area contributed by atoms with Gasteiger partial charge >= 0.3 is 0 Å². The molecule has 1 saturated heterocycles. The first-order valence-electron chi connectivity index (χ1n) is 6.85. The molecule has 0 saturated carbocycles. The fraction of sp³-hybridized carbons (Fsp3) is 0.533. The largest absolute Gasteiger partial charge is 0.342 e. The lowest BCUT2D eigenvalue weighted by Gasteiger charge is -2.35. The smallest absolute Gasteiger partial charge is 0.227 e. The molecule has 0 aromatic heterocycles. The second kappa shape index (κ2) is 6.79. The molecular formula is C15H20Cl2N2O. The molecule has 0 radical (unpaired) electrons. The van der Waals surface area contributed by atoms with Gasteiger partial charge in [-0.3, -0.25) is 4.79 Å². The fourth-order valence-corrected chi connectivity index (χ4v) is 2.93. The third-order valence-electron chi connectivity index (χ3n) is 3.98. The normalized spacial score (nSPS) is 17.2. The molecule has 1 heterocycles. The first-order valence-corrected chi connectivity index (χ1v) is 7.61. The summed E-state index contributed by atoms with van der Waals surface area (Å²) in [6, 6.07) is 5.57. The summed E-state index contributed by atoms with van der Waals surface area (Å²) in [5.41, 5.74) is 0.795. The molecule has 0 atom stereocenters. The number of carbonyl (C=O) groups excluding carboxylic acids is 1. The van der Waals surface area contributed by atoms with Crippen molar-refractivity contribution in [3.63, 3.8) is 0 Å². The average molecular weight is 315 g/mol. The van der Waals surface area contributed by atoms with Gasteiger partial charge in [0.2, 0.25) is 5.91 Å². The molecule has 1 aromatic rings. The van der Waals surface area contributed by atoms with E-state index in [0.29, 0.717) is 22.5 Å². The van der Waals surface area contributed by atoms with Crippen LogP contribution in [0.3, 0.4) is 0 Å². The number of rotatable bonds is 3. The van der Waals surface area contributed by atoms with Crippen LogP contribution in [0.4, 0.5) is 0 Å². The Balaban J connectivity index is 1.99. The monoisotopic (exact) mass is 314 g/mol. The number of nitrogens with zero attached hydrogens (tertiary/aromatic N) is 2. The Morgan fingerprint density at radius 1 is 1.35 bits per heavy atom. The van der Waals surface area contributed by atoms with Crippen LogP contribution in [0.15, 0.2) is 18.2 Å². The highest BCUT2D eigenvalue weighted by molar-refractivity contribution is 6.33. The molecule has 0 spiro atoms. The van der Waals surface area contributed by atoms with E-state index in [4.69, 9.17) is 23.2 Å². The van der Waals surface area contributed by atoms with Gasteiger partial charge in [0.25, 0.3) is 0 Å². The minimum atomic E-state index is 0.101. The molecule has 1 aliphatic rings. The van der Waals surface area contributed by atoms with Gasteiger partial charge in [0.15, 0.2) is 0 Å². The Labute approximate surface area is 130 Å². The Kier molecular flexibility index (Phi) is 5.30. The average Bonchev–Trinajstić information content (AvgIpc) is 2.43. The standard InChI is InChI=1S/C15H20Cl2N2O/c1-18-7-5-13(6-8-18)19(2)15(20)10-11-9-12(16)3-4-14(11)17/h3-4,9,13H,5-8,10H2,1-2H3. The van der Waals surface area contributed by atoms with E-state index in [1.807, 2.05) is 11.9 Å².